The standard InChI is InChI=1S/C14H19N3O3S/c1-10(21(2,18)19)14-16-13(20-17-14)9-8-12(15)11-6-4-3-5-7-11/h3-7,10,12H,8-9,15H2,1-2H3. The van der Waals surface area contributed by atoms with Gasteiger partial charge in [0.1, 0.15) is 5.25 Å². The van der Waals surface area contributed by atoms with E-state index in [9.17, 15) is 8.42 Å². The van der Waals surface area contributed by atoms with E-state index in [0.717, 1.165) is 11.8 Å². The fraction of sp³-hybridized carbons (Fsp3) is 0.429. The molecule has 0 saturated heterocycles. The molecular weight excluding hydrogens is 290 g/mol. The van der Waals surface area contributed by atoms with Gasteiger partial charge in [-0.1, -0.05) is 35.5 Å². The first-order chi connectivity index (χ1) is 9.88. The number of benzene rings is 1. The molecule has 7 heteroatoms. The quantitative estimate of drug-likeness (QED) is 0.873. The lowest BCUT2D eigenvalue weighted by molar-refractivity contribution is 0.366. The maximum absolute atomic E-state index is 11.5. The summed E-state index contributed by atoms with van der Waals surface area (Å²) in [5, 5.41) is 2.96. The normalized spacial score (nSPS) is 14.8. The highest BCUT2D eigenvalue weighted by molar-refractivity contribution is 7.90. The fourth-order valence-corrected chi connectivity index (χ4v) is 2.35. The lowest BCUT2D eigenvalue weighted by Gasteiger charge is -2.09. The van der Waals surface area contributed by atoms with Gasteiger partial charge in [-0.25, -0.2) is 8.42 Å². The molecule has 0 spiro atoms. The smallest absolute Gasteiger partial charge is 0.226 e. The molecule has 1 heterocycles. The molecule has 2 atom stereocenters. The maximum Gasteiger partial charge on any atom is 0.226 e. The van der Waals surface area contributed by atoms with E-state index in [0.29, 0.717) is 18.7 Å². The second kappa shape index (κ2) is 6.36. The van der Waals surface area contributed by atoms with E-state index in [2.05, 4.69) is 10.1 Å². The molecule has 6 nitrogen and oxygen atoms in total. The number of aryl methyl sites for hydroxylation is 1. The molecule has 0 bridgehead atoms. The second-order valence-electron chi connectivity index (χ2n) is 5.07. The van der Waals surface area contributed by atoms with Crippen molar-refractivity contribution in [3.8, 4) is 0 Å². The van der Waals surface area contributed by atoms with Crippen molar-refractivity contribution in [3.63, 3.8) is 0 Å². The van der Waals surface area contributed by atoms with E-state index in [1.807, 2.05) is 30.3 Å². The highest BCUT2D eigenvalue weighted by Gasteiger charge is 2.23. The van der Waals surface area contributed by atoms with Crippen LogP contribution in [-0.2, 0) is 16.3 Å². The molecule has 0 aliphatic rings. The summed E-state index contributed by atoms with van der Waals surface area (Å²) in [5.41, 5.74) is 7.14. The van der Waals surface area contributed by atoms with Gasteiger partial charge in [0.15, 0.2) is 15.7 Å². The Morgan fingerprint density at radius 2 is 1.95 bits per heavy atom. The van der Waals surface area contributed by atoms with E-state index in [1.165, 1.54) is 0 Å². The van der Waals surface area contributed by atoms with Crippen LogP contribution in [0.5, 0.6) is 0 Å². The summed E-state index contributed by atoms with van der Waals surface area (Å²) >= 11 is 0. The molecule has 2 aromatic rings. The summed E-state index contributed by atoms with van der Waals surface area (Å²) in [6, 6.07) is 9.63. The van der Waals surface area contributed by atoms with Gasteiger partial charge in [0, 0.05) is 18.7 Å². The molecule has 1 aromatic heterocycles. The Labute approximate surface area is 124 Å². The molecule has 0 fully saturated rings. The van der Waals surface area contributed by atoms with E-state index in [-0.39, 0.29) is 11.9 Å². The maximum atomic E-state index is 11.5. The second-order valence-corrected chi connectivity index (χ2v) is 7.44. The van der Waals surface area contributed by atoms with Crippen molar-refractivity contribution < 1.29 is 12.9 Å². The highest BCUT2D eigenvalue weighted by atomic mass is 32.2. The Bertz CT molecular complexity index is 682. The van der Waals surface area contributed by atoms with Crippen molar-refractivity contribution in [2.45, 2.75) is 31.1 Å². The van der Waals surface area contributed by atoms with Crippen molar-refractivity contribution in [2.75, 3.05) is 6.26 Å². The first-order valence-electron chi connectivity index (χ1n) is 6.70. The highest BCUT2D eigenvalue weighted by Crippen LogP contribution is 2.20. The zero-order valence-corrected chi connectivity index (χ0v) is 12.9. The van der Waals surface area contributed by atoms with E-state index in [4.69, 9.17) is 10.3 Å². The minimum absolute atomic E-state index is 0.117. The zero-order valence-electron chi connectivity index (χ0n) is 12.1. The van der Waals surface area contributed by atoms with Gasteiger partial charge in [-0.2, -0.15) is 4.98 Å². The Morgan fingerprint density at radius 1 is 1.29 bits per heavy atom. The number of hydrogen-bond donors (Lipinski definition) is 1. The van der Waals surface area contributed by atoms with E-state index in [1.54, 1.807) is 6.92 Å². The number of sulfone groups is 1. The van der Waals surface area contributed by atoms with Crippen LogP contribution in [0.15, 0.2) is 34.9 Å². The van der Waals surface area contributed by atoms with Crippen LogP contribution in [0.4, 0.5) is 0 Å². The zero-order chi connectivity index (χ0) is 15.5. The van der Waals surface area contributed by atoms with Crippen LogP contribution in [0, 0.1) is 0 Å². The average molecular weight is 309 g/mol. The number of aromatic nitrogens is 2. The SMILES string of the molecule is CC(c1noc(CCC(N)c2ccccc2)n1)S(C)(=O)=O. The molecule has 2 N–H and O–H groups in total. The van der Waals surface area contributed by atoms with E-state index >= 15 is 0 Å². The molecule has 0 saturated carbocycles. The van der Waals surface area contributed by atoms with Crippen molar-refractivity contribution in [1.82, 2.24) is 10.1 Å². The third-order valence-electron chi connectivity index (χ3n) is 3.39. The van der Waals surface area contributed by atoms with Gasteiger partial charge in [0.05, 0.1) is 0 Å². The topological polar surface area (TPSA) is 99.1 Å². The monoisotopic (exact) mass is 309 g/mol. The molecule has 0 amide bonds. The molecule has 0 aliphatic carbocycles. The van der Waals surface area contributed by atoms with Crippen LogP contribution in [-0.4, -0.2) is 24.8 Å². The number of nitrogens with zero attached hydrogens (tertiary/aromatic N) is 2. The molecule has 2 unspecified atom stereocenters. The Kier molecular flexibility index (Phi) is 4.74. The predicted molar refractivity (Wildman–Crippen MR) is 79.2 cm³/mol. The van der Waals surface area contributed by atoms with Crippen molar-refractivity contribution in [2.24, 2.45) is 5.73 Å². The average Bonchev–Trinajstić information content (AvgIpc) is 2.92. The summed E-state index contributed by atoms with van der Waals surface area (Å²) in [5.74, 6) is 0.604. The first kappa shape index (κ1) is 15.7. The molecule has 21 heavy (non-hydrogen) atoms. The largest absolute Gasteiger partial charge is 0.339 e. The molecule has 114 valence electrons. The summed E-state index contributed by atoms with van der Waals surface area (Å²) in [4.78, 5) is 4.13. The van der Waals surface area contributed by atoms with Crippen molar-refractivity contribution in [1.29, 1.82) is 0 Å². The first-order valence-corrected chi connectivity index (χ1v) is 8.65. The molecule has 0 radical (unpaired) electrons. The van der Waals surface area contributed by atoms with Crippen LogP contribution < -0.4 is 5.73 Å². The minimum Gasteiger partial charge on any atom is -0.339 e. The Balaban J connectivity index is 1.97. The van der Waals surface area contributed by atoms with E-state index < -0.39 is 15.1 Å². The van der Waals surface area contributed by atoms with Crippen LogP contribution in [0.3, 0.4) is 0 Å². The molecule has 0 aliphatic heterocycles. The molecular formula is C14H19N3O3S. The third kappa shape index (κ3) is 4.12. The fourth-order valence-electron chi connectivity index (χ4n) is 1.87. The van der Waals surface area contributed by atoms with Gasteiger partial charge >= 0.3 is 0 Å². The van der Waals surface area contributed by atoms with Gasteiger partial charge in [-0.15, -0.1) is 0 Å². The van der Waals surface area contributed by atoms with Crippen molar-refractivity contribution in [3.05, 3.63) is 47.6 Å². The third-order valence-corrected chi connectivity index (χ3v) is 4.88. The lowest BCUT2D eigenvalue weighted by atomic mass is 10.0. The number of rotatable bonds is 6. The molecule has 1 aromatic carbocycles. The van der Waals surface area contributed by atoms with Crippen LogP contribution in [0.2, 0.25) is 0 Å². The summed E-state index contributed by atoms with van der Waals surface area (Å²) in [6.45, 7) is 1.54. The summed E-state index contributed by atoms with van der Waals surface area (Å²) in [6.07, 6.45) is 2.32. The van der Waals surface area contributed by atoms with Crippen LogP contribution >= 0.6 is 0 Å². The Morgan fingerprint density at radius 3 is 2.57 bits per heavy atom. The minimum atomic E-state index is -3.23. The van der Waals surface area contributed by atoms with Crippen LogP contribution in [0.25, 0.3) is 0 Å². The summed E-state index contributed by atoms with van der Waals surface area (Å²) < 4.78 is 28.0. The predicted octanol–water partition coefficient (Wildman–Crippen LogP) is 1.81. The van der Waals surface area contributed by atoms with Crippen LogP contribution in [0.1, 0.15) is 41.9 Å². The van der Waals surface area contributed by atoms with Gasteiger partial charge in [-0.05, 0) is 18.9 Å². The lowest BCUT2D eigenvalue weighted by Crippen LogP contribution is -2.11. The van der Waals surface area contributed by atoms with Crippen molar-refractivity contribution >= 4 is 9.84 Å². The van der Waals surface area contributed by atoms with Gasteiger partial charge in [0.25, 0.3) is 0 Å². The van der Waals surface area contributed by atoms with Gasteiger partial charge in [-0.3, -0.25) is 0 Å². The van der Waals surface area contributed by atoms with Gasteiger partial charge < -0.3 is 10.3 Å². The Hall–Kier alpha value is -1.73. The number of nitrogens with two attached hydrogens (primary N) is 1. The summed E-state index contributed by atoms with van der Waals surface area (Å²) in [7, 11) is -3.23. The number of hydrogen-bond acceptors (Lipinski definition) is 6. The molecule has 2 rings (SSSR count). The van der Waals surface area contributed by atoms with Gasteiger partial charge in [0.2, 0.25) is 5.89 Å².